The van der Waals surface area contributed by atoms with E-state index in [1.807, 2.05) is 0 Å². The molecule has 0 amide bonds. The van der Waals surface area contributed by atoms with E-state index in [1.165, 1.54) is 12.3 Å². The summed E-state index contributed by atoms with van der Waals surface area (Å²) < 4.78 is 10.3. The van der Waals surface area contributed by atoms with E-state index in [0.717, 1.165) is 0 Å². The lowest BCUT2D eigenvalue weighted by molar-refractivity contribution is -0.385. The number of nitro groups is 1. The minimum atomic E-state index is -0.437. The molecule has 21 heavy (non-hydrogen) atoms. The number of aliphatic imine (C=N–C) groups is 1. The average molecular weight is 286 g/mol. The molecular formula is C15H14N2O4. The number of ether oxygens (including phenoxy) is 2. The summed E-state index contributed by atoms with van der Waals surface area (Å²) >= 11 is 0. The van der Waals surface area contributed by atoms with E-state index in [4.69, 9.17) is 9.47 Å². The van der Waals surface area contributed by atoms with Crippen LogP contribution in [0.25, 0.3) is 0 Å². The predicted octanol–water partition coefficient (Wildman–Crippen LogP) is 3.36. The van der Waals surface area contributed by atoms with Crippen LogP contribution in [0, 0.1) is 10.1 Å². The topological polar surface area (TPSA) is 74.0 Å². The summed E-state index contributed by atoms with van der Waals surface area (Å²) in [4.78, 5) is 14.7. The van der Waals surface area contributed by atoms with Crippen LogP contribution in [0.2, 0.25) is 0 Å². The molecule has 108 valence electrons. The summed E-state index contributed by atoms with van der Waals surface area (Å²) in [5.41, 5.74) is 1.03. The number of methoxy groups -OCH3 is 2. The molecule has 0 spiro atoms. The number of nitro benzene ring substituents is 1. The standard InChI is InChI=1S/C15H14N2O4/c1-20-13-7-12(8-14(9-13)21-2)16-10-11-5-3-4-6-15(11)17(18)19/h3-10H,1-2H3. The van der Waals surface area contributed by atoms with Crippen LogP contribution in [0.5, 0.6) is 11.5 Å². The average Bonchev–Trinajstić information content (AvgIpc) is 2.52. The molecule has 0 saturated heterocycles. The Morgan fingerprint density at radius 1 is 1.10 bits per heavy atom. The van der Waals surface area contributed by atoms with Gasteiger partial charge in [0.25, 0.3) is 5.69 Å². The first kappa shape index (κ1) is 14.5. The van der Waals surface area contributed by atoms with E-state index in [1.54, 1.807) is 50.6 Å². The maximum atomic E-state index is 10.9. The van der Waals surface area contributed by atoms with Gasteiger partial charge in [-0.25, -0.2) is 0 Å². The van der Waals surface area contributed by atoms with Crippen molar-refractivity contribution in [2.24, 2.45) is 4.99 Å². The number of nitrogens with zero attached hydrogens (tertiary/aromatic N) is 2. The molecule has 0 aliphatic rings. The van der Waals surface area contributed by atoms with Gasteiger partial charge in [-0.15, -0.1) is 0 Å². The molecule has 0 unspecified atom stereocenters. The zero-order chi connectivity index (χ0) is 15.2. The molecule has 0 radical (unpaired) electrons. The first-order valence-corrected chi connectivity index (χ1v) is 6.14. The third kappa shape index (κ3) is 3.56. The van der Waals surface area contributed by atoms with Gasteiger partial charge in [0, 0.05) is 30.5 Å². The van der Waals surface area contributed by atoms with Crippen molar-refractivity contribution in [1.82, 2.24) is 0 Å². The van der Waals surface area contributed by atoms with Crippen molar-refractivity contribution in [3.63, 3.8) is 0 Å². The first-order valence-electron chi connectivity index (χ1n) is 6.14. The zero-order valence-electron chi connectivity index (χ0n) is 11.6. The Bertz CT molecular complexity index is 661. The number of rotatable bonds is 5. The highest BCUT2D eigenvalue weighted by Crippen LogP contribution is 2.28. The maximum Gasteiger partial charge on any atom is 0.278 e. The van der Waals surface area contributed by atoms with Gasteiger partial charge < -0.3 is 9.47 Å². The van der Waals surface area contributed by atoms with Crippen LogP contribution in [0.15, 0.2) is 47.5 Å². The molecule has 0 N–H and O–H groups in total. The van der Waals surface area contributed by atoms with Crippen molar-refractivity contribution in [3.8, 4) is 11.5 Å². The first-order chi connectivity index (χ1) is 10.1. The van der Waals surface area contributed by atoms with Crippen molar-refractivity contribution in [1.29, 1.82) is 0 Å². The summed E-state index contributed by atoms with van der Waals surface area (Å²) in [6.07, 6.45) is 1.45. The Balaban J connectivity index is 2.35. The Kier molecular flexibility index (Phi) is 4.50. The second kappa shape index (κ2) is 6.51. The lowest BCUT2D eigenvalue weighted by Gasteiger charge is -2.05. The summed E-state index contributed by atoms with van der Waals surface area (Å²) in [7, 11) is 3.09. The molecule has 0 aliphatic heterocycles. The van der Waals surface area contributed by atoms with E-state index in [0.29, 0.717) is 22.7 Å². The third-order valence-corrected chi connectivity index (χ3v) is 2.82. The molecular weight excluding hydrogens is 272 g/mol. The number of hydrogen-bond donors (Lipinski definition) is 0. The van der Waals surface area contributed by atoms with Gasteiger partial charge in [-0.2, -0.15) is 0 Å². The van der Waals surface area contributed by atoms with Crippen LogP contribution in [-0.2, 0) is 0 Å². The lowest BCUT2D eigenvalue weighted by Crippen LogP contribution is -1.93. The largest absolute Gasteiger partial charge is 0.497 e. The van der Waals surface area contributed by atoms with Crippen LogP contribution in [0.1, 0.15) is 5.56 Å². The van der Waals surface area contributed by atoms with Crippen LogP contribution < -0.4 is 9.47 Å². The summed E-state index contributed by atoms with van der Waals surface area (Å²) in [6, 6.07) is 11.6. The predicted molar refractivity (Wildman–Crippen MR) is 79.9 cm³/mol. The van der Waals surface area contributed by atoms with Gasteiger partial charge in [0.05, 0.1) is 30.4 Å². The molecule has 0 saturated carbocycles. The molecule has 0 fully saturated rings. The maximum absolute atomic E-state index is 10.9. The third-order valence-electron chi connectivity index (χ3n) is 2.82. The molecule has 0 aliphatic carbocycles. The normalized spacial score (nSPS) is 10.6. The Labute approximate surface area is 121 Å². The van der Waals surface area contributed by atoms with Crippen molar-refractivity contribution in [2.75, 3.05) is 14.2 Å². The Morgan fingerprint density at radius 3 is 2.29 bits per heavy atom. The molecule has 6 heteroatoms. The fourth-order valence-electron chi connectivity index (χ4n) is 1.77. The van der Waals surface area contributed by atoms with Crippen molar-refractivity contribution < 1.29 is 14.4 Å². The SMILES string of the molecule is COc1cc(N=Cc2ccccc2[N+](=O)[O-])cc(OC)c1. The number of benzene rings is 2. The van der Waals surface area contributed by atoms with E-state index < -0.39 is 4.92 Å². The smallest absolute Gasteiger partial charge is 0.278 e. The van der Waals surface area contributed by atoms with E-state index in [9.17, 15) is 10.1 Å². The summed E-state index contributed by atoms with van der Waals surface area (Å²) in [5.74, 6) is 1.20. The van der Waals surface area contributed by atoms with Crippen LogP contribution in [-0.4, -0.2) is 25.4 Å². The highest BCUT2D eigenvalue weighted by atomic mass is 16.6. The molecule has 0 atom stereocenters. The van der Waals surface area contributed by atoms with Gasteiger partial charge in [-0.1, -0.05) is 12.1 Å². The van der Waals surface area contributed by atoms with Gasteiger partial charge in [0.1, 0.15) is 11.5 Å². The molecule has 2 aromatic carbocycles. The van der Waals surface area contributed by atoms with Gasteiger partial charge >= 0.3 is 0 Å². The minimum Gasteiger partial charge on any atom is -0.497 e. The fourth-order valence-corrected chi connectivity index (χ4v) is 1.77. The second-order valence-electron chi connectivity index (χ2n) is 4.14. The van der Waals surface area contributed by atoms with E-state index >= 15 is 0 Å². The lowest BCUT2D eigenvalue weighted by atomic mass is 10.2. The molecule has 2 rings (SSSR count). The second-order valence-corrected chi connectivity index (χ2v) is 4.14. The molecule has 0 bridgehead atoms. The molecule has 2 aromatic rings. The van der Waals surface area contributed by atoms with Gasteiger partial charge in [-0.3, -0.25) is 15.1 Å². The van der Waals surface area contributed by atoms with Gasteiger partial charge in [0.15, 0.2) is 0 Å². The Hall–Kier alpha value is -2.89. The molecule has 0 aromatic heterocycles. The molecule has 6 nitrogen and oxygen atoms in total. The van der Waals surface area contributed by atoms with Crippen molar-refractivity contribution in [2.45, 2.75) is 0 Å². The van der Waals surface area contributed by atoms with E-state index in [2.05, 4.69) is 4.99 Å². The monoisotopic (exact) mass is 286 g/mol. The van der Waals surface area contributed by atoms with Crippen LogP contribution >= 0.6 is 0 Å². The van der Waals surface area contributed by atoms with Gasteiger partial charge in [-0.05, 0) is 6.07 Å². The summed E-state index contributed by atoms with van der Waals surface area (Å²) in [5, 5.41) is 10.9. The highest BCUT2D eigenvalue weighted by Gasteiger charge is 2.10. The summed E-state index contributed by atoms with van der Waals surface area (Å²) in [6.45, 7) is 0. The van der Waals surface area contributed by atoms with Crippen LogP contribution in [0.4, 0.5) is 11.4 Å². The zero-order valence-corrected chi connectivity index (χ0v) is 11.6. The van der Waals surface area contributed by atoms with Crippen molar-refractivity contribution in [3.05, 3.63) is 58.1 Å². The quantitative estimate of drug-likeness (QED) is 0.480. The highest BCUT2D eigenvalue weighted by molar-refractivity contribution is 5.87. The van der Waals surface area contributed by atoms with Crippen LogP contribution in [0.3, 0.4) is 0 Å². The minimum absolute atomic E-state index is 0.0103. The molecule has 0 heterocycles. The van der Waals surface area contributed by atoms with Gasteiger partial charge in [0.2, 0.25) is 0 Å². The number of hydrogen-bond acceptors (Lipinski definition) is 5. The van der Waals surface area contributed by atoms with E-state index in [-0.39, 0.29) is 5.69 Å². The number of para-hydroxylation sites is 1. The Morgan fingerprint density at radius 2 is 1.71 bits per heavy atom. The van der Waals surface area contributed by atoms with Crippen molar-refractivity contribution >= 4 is 17.6 Å². The fraction of sp³-hybridized carbons (Fsp3) is 0.133.